The van der Waals surface area contributed by atoms with Gasteiger partial charge in [0.25, 0.3) is 0 Å². The Kier molecular flexibility index (Phi) is 8.51. The molecule has 4 heteroatoms. The number of ether oxygens (including phenoxy) is 2. The molecule has 1 aromatic rings. The Bertz CT molecular complexity index is 403. The number of carbonyl (C=O) groups excluding carboxylic acids is 1. The van der Waals surface area contributed by atoms with Crippen molar-refractivity contribution in [2.45, 2.75) is 51.5 Å². The van der Waals surface area contributed by atoms with Crippen LogP contribution in [-0.2, 0) is 9.53 Å². The average molecular weight is 293 g/mol. The summed E-state index contributed by atoms with van der Waals surface area (Å²) >= 11 is 0. The minimum absolute atomic E-state index is 0.367. The van der Waals surface area contributed by atoms with Gasteiger partial charge in [0.1, 0.15) is 11.8 Å². The van der Waals surface area contributed by atoms with Crippen LogP contribution >= 0.6 is 0 Å². The fourth-order valence-electron chi connectivity index (χ4n) is 2.09. The molecule has 0 radical (unpaired) electrons. The van der Waals surface area contributed by atoms with Gasteiger partial charge in [-0.25, -0.2) is 4.79 Å². The molecule has 1 rings (SSSR count). The molecule has 1 aromatic carbocycles. The maximum atomic E-state index is 11.9. The van der Waals surface area contributed by atoms with Crippen molar-refractivity contribution >= 4 is 5.97 Å². The summed E-state index contributed by atoms with van der Waals surface area (Å²) < 4.78 is 10.3. The molecule has 1 atom stereocenters. The minimum atomic E-state index is -0.726. The first-order valence-electron chi connectivity index (χ1n) is 7.75. The average Bonchev–Trinajstić information content (AvgIpc) is 2.53. The van der Waals surface area contributed by atoms with E-state index < -0.39 is 6.04 Å². The summed E-state index contributed by atoms with van der Waals surface area (Å²) in [6.07, 6.45) is 7.00. The molecule has 2 N–H and O–H groups in total. The Labute approximate surface area is 127 Å². The number of rotatable bonds is 10. The van der Waals surface area contributed by atoms with E-state index in [1.54, 1.807) is 31.4 Å². The van der Waals surface area contributed by atoms with Gasteiger partial charge >= 0.3 is 5.97 Å². The number of methoxy groups -OCH3 is 1. The van der Waals surface area contributed by atoms with Crippen LogP contribution in [0.2, 0.25) is 0 Å². The van der Waals surface area contributed by atoms with Gasteiger partial charge in [-0.15, -0.1) is 0 Å². The summed E-state index contributed by atoms with van der Waals surface area (Å²) in [6, 6.07) is 6.42. The third-order valence-corrected chi connectivity index (χ3v) is 3.47. The second kappa shape index (κ2) is 10.2. The predicted molar refractivity (Wildman–Crippen MR) is 84.3 cm³/mol. The smallest absolute Gasteiger partial charge is 0.327 e. The van der Waals surface area contributed by atoms with E-state index in [0.717, 1.165) is 24.2 Å². The molecular formula is C17H27NO3. The minimum Gasteiger partial charge on any atom is -0.497 e. The molecule has 0 heterocycles. The molecule has 0 aliphatic carbocycles. The first-order valence-corrected chi connectivity index (χ1v) is 7.75. The van der Waals surface area contributed by atoms with Crippen molar-refractivity contribution in [1.29, 1.82) is 0 Å². The normalized spacial score (nSPS) is 12.0. The summed E-state index contributed by atoms with van der Waals surface area (Å²) in [6.45, 7) is 2.65. The van der Waals surface area contributed by atoms with E-state index in [1.807, 2.05) is 0 Å². The van der Waals surface area contributed by atoms with Crippen molar-refractivity contribution in [2.75, 3.05) is 13.7 Å². The molecule has 0 spiro atoms. The zero-order valence-corrected chi connectivity index (χ0v) is 13.1. The number of unbranched alkanes of at least 4 members (excludes halogenated alkanes) is 5. The highest BCUT2D eigenvalue weighted by Gasteiger charge is 2.17. The van der Waals surface area contributed by atoms with E-state index in [9.17, 15) is 4.79 Å². The van der Waals surface area contributed by atoms with E-state index in [1.165, 1.54) is 25.7 Å². The second-order valence-corrected chi connectivity index (χ2v) is 5.19. The molecule has 0 aliphatic rings. The number of hydrogen-bond donors (Lipinski definition) is 1. The monoisotopic (exact) mass is 293 g/mol. The van der Waals surface area contributed by atoms with Crippen molar-refractivity contribution in [2.24, 2.45) is 5.73 Å². The molecule has 21 heavy (non-hydrogen) atoms. The van der Waals surface area contributed by atoms with Crippen molar-refractivity contribution in [3.8, 4) is 5.75 Å². The van der Waals surface area contributed by atoms with Gasteiger partial charge < -0.3 is 15.2 Å². The second-order valence-electron chi connectivity index (χ2n) is 5.19. The van der Waals surface area contributed by atoms with E-state index in [2.05, 4.69) is 6.92 Å². The molecule has 0 unspecified atom stereocenters. The quantitative estimate of drug-likeness (QED) is 0.529. The van der Waals surface area contributed by atoms with Gasteiger partial charge in [-0.2, -0.15) is 0 Å². The lowest BCUT2D eigenvalue weighted by atomic mass is 10.1. The van der Waals surface area contributed by atoms with Crippen LogP contribution in [0.5, 0.6) is 5.75 Å². The van der Waals surface area contributed by atoms with E-state index >= 15 is 0 Å². The number of nitrogens with two attached hydrogens (primary N) is 1. The Morgan fingerprint density at radius 1 is 1.10 bits per heavy atom. The number of benzene rings is 1. The molecule has 0 saturated carbocycles. The van der Waals surface area contributed by atoms with Crippen LogP contribution in [0.25, 0.3) is 0 Å². The molecular weight excluding hydrogens is 266 g/mol. The van der Waals surface area contributed by atoms with Gasteiger partial charge in [-0.05, 0) is 24.1 Å². The third-order valence-electron chi connectivity index (χ3n) is 3.47. The van der Waals surface area contributed by atoms with Crippen molar-refractivity contribution in [3.05, 3.63) is 29.8 Å². The van der Waals surface area contributed by atoms with Crippen LogP contribution in [0.15, 0.2) is 24.3 Å². The SMILES string of the molecule is CCCCCCCCOC(=O)[C@@H](N)c1ccc(OC)cc1. The number of carbonyl (C=O) groups is 1. The maximum absolute atomic E-state index is 11.9. The molecule has 118 valence electrons. The van der Waals surface area contributed by atoms with E-state index in [4.69, 9.17) is 15.2 Å². The summed E-state index contributed by atoms with van der Waals surface area (Å²) in [5, 5.41) is 0. The Morgan fingerprint density at radius 2 is 1.71 bits per heavy atom. The van der Waals surface area contributed by atoms with Gasteiger partial charge in [-0.3, -0.25) is 0 Å². The lowest BCUT2D eigenvalue weighted by Gasteiger charge is -2.12. The standard InChI is InChI=1S/C17H27NO3/c1-3-4-5-6-7-8-13-21-17(19)16(18)14-9-11-15(20-2)12-10-14/h9-12,16H,3-8,13,18H2,1-2H3/t16-/m0/s1. The third kappa shape index (κ3) is 6.63. The Balaban J connectivity index is 2.24. The Hall–Kier alpha value is -1.55. The summed E-state index contributed by atoms with van der Waals surface area (Å²) in [4.78, 5) is 11.9. The number of esters is 1. The molecule has 0 aromatic heterocycles. The van der Waals surface area contributed by atoms with Gasteiger partial charge in [0.05, 0.1) is 13.7 Å². The lowest BCUT2D eigenvalue weighted by molar-refractivity contribution is -0.145. The lowest BCUT2D eigenvalue weighted by Crippen LogP contribution is -2.24. The van der Waals surface area contributed by atoms with Gasteiger partial charge in [0.15, 0.2) is 0 Å². The zero-order valence-electron chi connectivity index (χ0n) is 13.1. The Morgan fingerprint density at radius 3 is 2.33 bits per heavy atom. The summed E-state index contributed by atoms with van der Waals surface area (Å²) in [5.74, 6) is 0.375. The molecule has 0 saturated heterocycles. The first kappa shape index (κ1) is 17.5. The van der Waals surface area contributed by atoms with Gasteiger partial charge in [0, 0.05) is 0 Å². The maximum Gasteiger partial charge on any atom is 0.327 e. The van der Waals surface area contributed by atoms with Crippen molar-refractivity contribution in [3.63, 3.8) is 0 Å². The number of hydrogen-bond acceptors (Lipinski definition) is 4. The summed E-state index contributed by atoms with van der Waals surface area (Å²) in [5.41, 5.74) is 6.63. The van der Waals surface area contributed by atoms with Crippen LogP contribution in [0.3, 0.4) is 0 Å². The van der Waals surface area contributed by atoms with E-state index in [0.29, 0.717) is 6.61 Å². The van der Waals surface area contributed by atoms with Crippen LogP contribution < -0.4 is 10.5 Å². The van der Waals surface area contributed by atoms with Crippen LogP contribution in [0, 0.1) is 0 Å². The van der Waals surface area contributed by atoms with Crippen LogP contribution in [0.4, 0.5) is 0 Å². The topological polar surface area (TPSA) is 61.5 Å². The molecule has 0 fully saturated rings. The molecule has 4 nitrogen and oxygen atoms in total. The molecule has 0 bridgehead atoms. The highest BCUT2D eigenvalue weighted by atomic mass is 16.5. The first-order chi connectivity index (χ1) is 10.2. The molecule has 0 amide bonds. The largest absolute Gasteiger partial charge is 0.497 e. The van der Waals surface area contributed by atoms with E-state index in [-0.39, 0.29) is 5.97 Å². The predicted octanol–water partition coefficient (Wildman–Crippen LogP) is 3.60. The molecule has 0 aliphatic heterocycles. The van der Waals surface area contributed by atoms with Crippen molar-refractivity contribution in [1.82, 2.24) is 0 Å². The highest BCUT2D eigenvalue weighted by molar-refractivity contribution is 5.77. The van der Waals surface area contributed by atoms with Crippen LogP contribution in [0.1, 0.15) is 57.1 Å². The summed E-state index contributed by atoms with van der Waals surface area (Å²) in [7, 11) is 1.60. The zero-order chi connectivity index (χ0) is 15.5. The highest BCUT2D eigenvalue weighted by Crippen LogP contribution is 2.17. The van der Waals surface area contributed by atoms with Crippen molar-refractivity contribution < 1.29 is 14.3 Å². The fourth-order valence-corrected chi connectivity index (χ4v) is 2.09. The van der Waals surface area contributed by atoms with Crippen LogP contribution in [-0.4, -0.2) is 19.7 Å². The fraction of sp³-hybridized carbons (Fsp3) is 0.588. The van der Waals surface area contributed by atoms with Gasteiger partial charge in [-0.1, -0.05) is 51.2 Å². The van der Waals surface area contributed by atoms with Gasteiger partial charge in [0.2, 0.25) is 0 Å².